The number of aliphatic imine (C=N–C) groups is 1. The van der Waals surface area contributed by atoms with Gasteiger partial charge in [-0.25, -0.2) is 0 Å². The SMILES string of the molecule is CCNC(=NCC1CCN(CCOC)CC1)NCCc1cccs1.I. The summed E-state index contributed by atoms with van der Waals surface area (Å²) in [5, 5.41) is 8.94. The van der Waals surface area contributed by atoms with E-state index in [4.69, 9.17) is 9.73 Å². The third-order valence-electron chi connectivity index (χ3n) is 4.41. The highest BCUT2D eigenvalue weighted by Crippen LogP contribution is 2.17. The Morgan fingerprint density at radius 3 is 2.80 bits per heavy atom. The number of ether oxygens (including phenoxy) is 1. The molecule has 1 aromatic rings. The fraction of sp³-hybridized carbons (Fsp3) is 0.722. The van der Waals surface area contributed by atoms with Gasteiger partial charge >= 0.3 is 0 Å². The normalized spacial score (nSPS) is 16.5. The Bertz CT molecular complexity index is 462. The number of guanidine groups is 1. The van der Waals surface area contributed by atoms with Crippen LogP contribution in [0.3, 0.4) is 0 Å². The van der Waals surface area contributed by atoms with Gasteiger partial charge in [-0.05, 0) is 56.6 Å². The van der Waals surface area contributed by atoms with Crippen LogP contribution in [0.1, 0.15) is 24.6 Å². The minimum Gasteiger partial charge on any atom is -0.383 e. The van der Waals surface area contributed by atoms with E-state index in [1.165, 1.54) is 30.8 Å². The third kappa shape index (κ3) is 9.21. The van der Waals surface area contributed by atoms with Crippen LogP contribution in [-0.2, 0) is 11.2 Å². The summed E-state index contributed by atoms with van der Waals surface area (Å²) in [4.78, 5) is 8.71. The zero-order chi connectivity index (χ0) is 17.0. The molecule has 2 N–H and O–H groups in total. The Morgan fingerprint density at radius 1 is 1.36 bits per heavy atom. The van der Waals surface area contributed by atoms with Crippen molar-refractivity contribution in [2.24, 2.45) is 10.9 Å². The maximum Gasteiger partial charge on any atom is 0.191 e. The molecule has 5 nitrogen and oxygen atoms in total. The number of methoxy groups -OCH3 is 1. The van der Waals surface area contributed by atoms with Gasteiger partial charge in [-0.3, -0.25) is 4.99 Å². The fourth-order valence-electron chi connectivity index (χ4n) is 2.93. The van der Waals surface area contributed by atoms with Crippen molar-refractivity contribution < 1.29 is 4.74 Å². The number of halogens is 1. The van der Waals surface area contributed by atoms with Gasteiger partial charge in [0.2, 0.25) is 0 Å². The molecule has 0 bridgehead atoms. The summed E-state index contributed by atoms with van der Waals surface area (Å²) in [6.45, 7) is 9.11. The average molecular weight is 480 g/mol. The summed E-state index contributed by atoms with van der Waals surface area (Å²) in [5.41, 5.74) is 0. The molecule has 1 aliphatic rings. The van der Waals surface area contributed by atoms with Gasteiger partial charge in [0.1, 0.15) is 0 Å². The van der Waals surface area contributed by atoms with Crippen molar-refractivity contribution in [1.29, 1.82) is 0 Å². The van der Waals surface area contributed by atoms with Crippen LogP contribution in [0.2, 0.25) is 0 Å². The van der Waals surface area contributed by atoms with E-state index in [0.717, 1.165) is 45.2 Å². The van der Waals surface area contributed by atoms with Gasteiger partial charge in [0.05, 0.1) is 6.61 Å². The van der Waals surface area contributed by atoms with E-state index < -0.39 is 0 Å². The first-order valence-corrected chi connectivity index (χ1v) is 9.95. The molecule has 0 radical (unpaired) electrons. The molecule has 7 heteroatoms. The van der Waals surface area contributed by atoms with Crippen molar-refractivity contribution in [3.8, 4) is 0 Å². The zero-order valence-electron chi connectivity index (χ0n) is 15.5. The van der Waals surface area contributed by atoms with Gasteiger partial charge in [-0.2, -0.15) is 0 Å². The molecule has 1 saturated heterocycles. The minimum absolute atomic E-state index is 0. The zero-order valence-corrected chi connectivity index (χ0v) is 18.6. The van der Waals surface area contributed by atoms with Crippen molar-refractivity contribution in [1.82, 2.24) is 15.5 Å². The average Bonchev–Trinajstić information content (AvgIpc) is 3.12. The lowest BCUT2D eigenvalue weighted by molar-refractivity contribution is 0.121. The van der Waals surface area contributed by atoms with Gasteiger partial charge in [-0.15, -0.1) is 35.3 Å². The maximum atomic E-state index is 5.16. The lowest BCUT2D eigenvalue weighted by Crippen LogP contribution is -2.40. The van der Waals surface area contributed by atoms with E-state index in [0.29, 0.717) is 5.92 Å². The van der Waals surface area contributed by atoms with Crippen LogP contribution >= 0.6 is 35.3 Å². The second-order valence-corrected chi connectivity index (χ2v) is 7.29. The summed E-state index contributed by atoms with van der Waals surface area (Å²) in [6.07, 6.45) is 3.53. The first-order chi connectivity index (χ1) is 11.8. The highest BCUT2D eigenvalue weighted by Gasteiger charge is 2.18. The number of hydrogen-bond donors (Lipinski definition) is 2. The summed E-state index contributed by atoms with van der Waals surface area (Å²) < 4.78 is 5.16. The topological polar surface area (TPSA) is 48.9 Å². The van der Waals surface area contributed by atoms with Crippen LogP contribution in [0, 0.1) is 5.92 Å². The molecule has 0 spiro atoms. The van der Waals surface area contributed by atoms with Crippen molar-refractivity contribution in [3.63, 3.8) is 0 Å². The van der Waals surface area contributed by atoms with E-state index in [2.05, 4.69) is 40.0 Å². The molecule has 2 heterocycles. The number of piperidine rings is 1. The molecule has 25 heavy (non-hydrogen) atoms. The third-order valence-corrected chi connectivity index (χ3v) is 5.35. The lowest BCUT2D eigenvalue weighted by atomic mass is 9.97. The number of hydrogen-bond acceptors (Lipinski definition) is 4. The highest BCUT2D eigenvalue weighted by atomic mass is 127. The molecule has 0 unspecified atom stereocenters. The largest absolute Gasteiger partial charge is 0.383 e. The van der Waals surface area contributed by atoms with E-state index in [-0.39, 0.29) is 24.0 Å². The monoisotopic (exact) mass is 480 g/mol. The molecule has 0 aromatic carbocycles. The van der Waals surface area contributed by atoms with Gasteiger partial charge in [0, 0.05) is 38.2 Å². The Balaban J connectivity index is 0.00000312. The smallest absolute Gasteiger partial charge is 0.191 e. The van der Waals surface area contributed by atoms with Crippen molar-refractivity contribution in [3.05, 3.63) is 22.4 Å². The molecule has 144 valence electrons. The van der Waals surface area contributed by atoms with E-state index in [9.17, 15) is 0 Å². The molecule has 2 rings (SSSR count). The maximum absolute atomic E-state index is 5.16. The second kappa shape index (κ2) is 13.8. The fourth-order valence-corrected chi connectivity index (χ4v) is 3.64. The number of nitrogens with one attached hydrogen (secondary N) is 2. The first-order valence-electron chi connectivity index (χ1n) is 9.07. The lowest BCUT2D eigenvalue weighted by Gasteiger charge is -2.31. The Labute approximate surface area is 173 Å². The highest BCUT2D eigenvalue weighted by molar-refractivity contribution is 14.0. The Morgan fingerprint density at radius 2 is 2.16 bits per heavy atom. The predicted molar refractivity (Wildman–Crippen MR) is 118 cm³/mol. The predicted octanol–water partition coefficient (Wildman–Crippen LogP) is 2.82. The van der Waals surface area contributed by atoms with Crippen molar-refractivity contribution in [2.45, 2.75) is 26.2 Å². The molecular formula is C18H33IN4OS. The second-order valence-electron chi connectivity index (χ2n) is 6.25. The molecule has 0 amide bonds. The van der Waals surface area contributed by atoms with Crippen LogP contribution in [-0.4, -0.2) is 63.8 Å². The van der Waals surface area contributed by atoms with Crippen LogP contribution < -0.4 is 10.6 Å². The summed E-state index contributed by atoms with van der Waals surface area (Å²) in [5.74, 6) is 1.66. The minimum atomic E-state index is 0. The summed E-state index contributed by atoms with van der Waals surface area (Å²) >= 11 is 1.82. The number of rotatable bonds is 9. The van der Waals surface area contributed by atoms with Gasteiger partial charge in [-0.1, -0.05) is 6.07 Å². The van der Waals surface area contributed by atoms with E-state index in [1.807, 2.05) is 11.3 Å². The Kier molecular flexibility index (Phi) is 12.5. The van der Waals surface area contributed by atoms with Crippen LogP contribution in [0.4, 0.5) is 0 Å². The van der Waals surface area contributed by atoms with E-state index >= 15 is 0 Å². The van der Waals surface area contributed by atoms with Gasteiger partial charge < -0.3 is 20.3 Å². The van der Waals surface area contributed by atoms with Crippen LogP contribution in [0.25, 0.3) is 0 Å². The van der Waals surface area contributed by atoms with Crippen LogP contribution in [0.15, 0.2) is 22.5 Å². The molecule has 0 saturated carbocycles. The van der Waals surface area contributed by atoms with Gasteiger partial charge in [0.15, 0.2) is 5.96 Å². The summed E-state index contributed by atoms with van der Waals surface area (Å²) in [7, 11) is 1.77. The van der Waals surface area contributed by atoms with E-state index in [1.54, 1.807) is 7.11 Å². The Hall–Kier alpha value is -0.380. The first kappa shape index (κ1) is 22.7. The molecule has 0 aliphatic carbocycles. The molecule has 0 atom stereocenters. The molecule has 1 aliphatic heterocycles. The molecule has 1 fully saturated rings. The number of nitrogens with zero attached hydrogens (tertiary/aromatic N) is 2. The van der Waals surface area contributed by atoms with Crippen molar-refractivity contribution >= 4 is 41.3 Å². The van der Waals surface area contributed by atoms with Crippen molar-refractivity contribution in [2.75, 3.05) is 53.0 Å². The number of thiophene rings is 1. The summed E-state index contributed by atoms with van der Waals surface area (Å²) in [6, 6.07) is 4.30. The standard InChI is InChI=1S/C18H32N4OS.HI/c1-3-19-18(20-9-6-17-5-4-14-24-17)21-15-16-7-10-22(11-8-16)12-13-23-2;/h4-5,14,16H,3,6-13,15H2,1-2H3,(H2,19,20,21);1H. The number of likely N-dealkylation sites (tertiary alicyclic amines) is 1. The quantitative estimate of drug-likeness (QED) is 0.324. The van der Waals surface area contributed by atoms with Crippen LogP contribution in [0.5, 0.6) is 0 Å². The molecular weight excluding hydrogens is 447 g/mol. The van der Waals surface area contributed by atoms with Gasteiger partial charge in [0.25, 0.3) is 0 Å². The molecule has 1 aromatic heterocycles.